The van der Waals surface area contributed by atoms with Gasteiger partial charge in [0, 0.05) is 37.4 Å². The highest BCUT2D eigenvalue weighted by Crippen LogP contribution is 2.25. The molecule has 0 saturated heterocycles. The highest BCUT2D eigenvalue weighted by atomic mass is 16.5. The number of unbranched alkanes of at least 4 members (excludes halogenated alkanes) is 3. The number of hydrogen-bond donors (Lipinski definition) is 2. The van der Waals surface area contributed by atoms with E-state index < -0.39 is 17.5 Å². The number of furan rings is 1. The Morgan fingerprint density at radius 2 is 1.69 bits per heavy atom. The van der Waals surface area contributed by atoms with E-state index in [-0.39, 0.29) is 23.7 Å². The zero-order valence-corrected chi connectivity index (χ0v) is 24.9. The minimum Gasteiger partial charge on any atom is -0.507 e. The maximum absolute atomic E-state index is 11.8. The number of hydrogen-bond acceptors (Lipinski definition) is 7. The van der Waals surface area contributed by atoms with E-state index in [0.717, 1.165) is 18.6 Å². The second-order valence-electron chi connectivity index (χ2n) is 8.92. The van der Waals surface area contributed by atoms with Gasteiger partial charge in [0.2, 0.25) is 0 Å². The first kappa shape index (κ1) is 35.7. The van der Waals surface area contributed by atoms with Crippen LogP contribution in [0.5, 0.6) is 5.75 Å². The number of rotatable bonds is 14. The lowest BCUT2D eigenvalue weighted by Crippen LogP contribution is -2.16. The number of nitrogens with one attached hydrogen (secondary N) is 1. The Morgan fingerprint density at radius 3 is 2.26 bits per heavy atom. The summed E-state index contributed by atoms with van der Waals surface area (Å²) in [5.41, 5.74) is -1.12. The highest BCUT2D eigenvalue weighted by Gasteiger charge is 2.19. The Morgan fingerprint density at radius 1 is 1.03 bits per heavy atom. The van der Waals surface area contributed by atoms with Gasteiger partial charge in [0.05, 0.1) is 7.11 Å². The molecule has 0 fully saturated rings. The first-order valence-corrected chi connectivity index (χ1v) is 14.2. The molecule has 1 atom stereocenters. The summed E-state index contributed by atoms with van der Waals surface area (Å²) in [5, 5.41) is 12.3. The molecule has 0 aliphatic rings. The fourth-order valence-electron chi connectivity index (χ4n) is 3.60. The summed E-state index contributed by atoms with van der Waals surface area (Å²) in [6.45, 7) is 11.9. The van der Waals surface area contributed by atoms with Crippen LogP contribution in [0.3, 0.4) is 0 Å². The summed E-state index contributed by atoms with van der Waals surface area (Å²) in [6.07, 6.45) is 12.6. The molecule has 0 aromatic carbocycles. The van der Waals surface area contributed by atoms with Crippen molar-refractivity contribution in [1.29, 1.82) is 0 Å². The SMILES string of the molecule is CC.CCC(=O)c1c(O)cc(C(C)CC/C=C/NC(=O)OC)oc1=O.CCCCCCc1ccc(CCC)o1. The molecule has 0 spiro atoms. The monoisotopic (exact) mass is 547 g/mol. The third-order valence-electron chi connectivity index (χ3n) is 5.80. The number of ether oxygens (including phenoxy) is 1. The average Bonchev–Trinajstić information content (AvgIpc) is 3.39. The number of carbonyl (C=O) groups is 2. The second-order valence-corrected chi connectivity index (χ2v) is 8.92. The maximum Gasteiger partial charge on any atom is 0.410 e. The van der Waals surface area contributed by atoms with E-state index in [0.29, 0.717) is 18.6 Å². The Labute approximate surface area is 233 Å². The number of aromatic hydroxyl groups is 1. The van der Waals surface area contributed by atoms with Crippen molar-refractivity contribution in [2.45, 2.75) is 112 Å². The predicted octanol–water partition coefficient (Wildman–Crippen LogP) is 8.07. The van der Waals surface area contributed by atoms with E-state index in [1.165, 1.54) is 57.2 Å². The first-order valence-electron chi connectivity index (χ1n) is 14.2. The molecule has 0 radical (unpaired) electrons. The molecule has 2 heterocycles. The molecule has 2 N–H and O–H groups in total. The lowest BCUT2D eigenvalue weighted by atomic mass is 10.0. The minimum absolute atomic E-state index is 0.116. The first-order chi connectivity index (χ1) is 18.8. The lowest BCUT2D eigenvalue weighted by molar-refractivity contribution is 0.0980. The number of ketones is 1. The van der Waals surface area contributed by atoms with Gasteiger partial charge in [-0.15, -0.1) is 0 Å². The molecular formula is C31H49NO7. The van der Waals surface area contributed by atoms with E-state index in [1.54, 1.807) is 13.0 Å². The van der Waals surface area contributed by atoms with Crippen molar-refractivity contribution >= 4 is 11.9 Å². The van der Waals surface area contributed by atoms with Crippen molar-refractivity contribution in [1.82, 2.24) is 5.32 Å². The number of aryl methyl sites for hydroxylation is 2. The molecule has 8 heteroatoms. The summed E-state index contributed by atoms with van der Waals surface area (Å²) < 4.78 is 15.2. The van der Waals surface area contributed by atoms with E-state index in [2.05, 4.69) is 36.0 Å². The van der Waals surface area contributed by atoms with Crippen LogP contribution in [0.15, 0.2) is 44.1 Å². The third-order valence-corrected chi connectivity index (χ3v) is 5.80. The molecule has 0 aliphatic heterocycles. The fraction of sp³-hybridized carbons (Fsp3) is 0.581. The molecule has 220 valence electrons. The van der Waals surface area contributed by atoms with Crippen molar-refractivity contribution in [2.75, 3.05) is 7.11 Å². The van der Waals surface area contributed by atoms with Gasteiger partial charge in [0.15, 0.2) is 5.78 Å². The van der Waals surface area contributed by atoms with Crippen molar-refractivity contribution in [3.05, 3.63) is 63.7 Å². The number of Topliss-reactive ketones (excluding diaryl/α,β-unsaturated/α-hetero) is 1. The fourth-order valence-corrected chi connectivity index (χ4v) is 3.60. The standard InChI is InChI=1S/C16H21NO6.C13H22O.C2H6/c1-4-11(18)14-12(19)9-13(23-15(14)20)10(2)7-5-6-8-17-16(21)22-3;1-3-5-6-7-9-13-11-10-12(14-13)8-4-2;1-2/h6,8-10,19H,4-5,7H2,1-3H3,(H,17,21);10-11H,3-9H2,1-2H3;1-2H3/b8-6+;;. The van der Waals surface area contributed by atoms with Crippen LogP contribution in [0.2, 0.25) is 0 Å². The van der Waals surface area contributed by atoms with Crippen molar-refractivity contribution in [2.24, 2.45) is 0 Å². The quantitative estimate of drug-likeness (QED) is 0.181. The van der Waals surface area contributed by atoms with E-state index >= 15 is 0 Å². The van der Waals surface area contributed by atoms with Crippen LogP contribution < -0.4 is 10.9 Å². The highest BCUT2D eigenvalue weighted by molar-refractivity contribution is 5.97. The summed E-state index contributed by atoms with van der Waals surface area (Å²) in [5.74, 6) is 1.70. The summed E-state index contributed by atoms with van der Waals surface area (Å²) in [7, 11) is 1.27. The minimum atomic E-state index is -0.818. The smallest absolute Gasteiger partial charge is 0.410 e. The van der Waals surface area contributed by atoms with Crippen LogP contribution in [-0.2, 0) is 17.6 Å². The Balaban J connectivity index is 0.000000769. The number of carbonyl (C=O) groups excluding carboxylic acids is 2. The summed E-state index contributed by atoms with van der Waals surface area (Å²) in [6, 6.07) is 5.57. The topological polar surface area (TPSA) is 119 Å². The summed E-state index contributed by atoms with van der Waals surface area (Å²) >= 11 is 0. The predicted molar refractivity (Wildman–Crippen MR) is 155 cm³/mol. The van der Waals surface area contributed by atoms with Gasteiger partial charge in [-0.2, -0.15) is 0 Å². The van der Waals surface area contributed by atoms with Gasteiger partial charge in [-0.3, -0.25) is 10.1 Å². The molecule has 39 heavy (non-hydrogen) atoms. The van der Waals surface area contributed by atoms with Crippen LogP contribution in [0.25, 0.3) is 0 Å². The van der Waals surface area contributed by atoms with Gasteiger partial charge in [0.25, 0.3) is 0 Å². The third kappa shape index (κ3) is 14.4. The Kier molecular flexibility index (Phi) is 19.8. The zero-order valence-electron chi connectivity index (χ0n) is 24.9. The molecule has 0 aliphatic carbocycles. The van der Waals surface area contributed by atoms with Crippen molar-refractivity contribution in [3.8, 4) is 5.75 Å². The van der Waals surface area contributed by atoms with Gasteiger partial charge >= 0.3 is 11.7 Å². The molecule has 8 nitrogen and oxygen atoms in total. The van der Waals surface area contributed by atoms with E-state index in [9.17, 15) is 19.5 Å². The van der Waals surface area contributed by atoms with Gasteiger partial charge in [-0.05, 0) is 37.8 Å². The number of methoxy groups -OCH3 is 1. The van der Waals surface area contributed by atoms with Gasteiger partial charge in [0.1, 0.15) is 28.6 Å². The van der Waals surface area contributed by atoms with Gasteiger partial charge in [-0.1, -0.05) is 66.9 Å². The number of alkyl carbamates (subject to hydrolysis) is 1. The molecule has 0 bridgehead atoms. The molecule has 2 rings (SSSR count). The molecule has 2 aromatic rings. The lowest BCUT2D eigenvalue weighted by Gasteiger charge is -2.10. The number of amides is 1. The van der Waals surface area contributed by atoms with Crippen LogP contribution in [0.1, 0.15) is 126 Å². The molecular weight excluding hydrogens is 498 g/mol. The van der Waals surface area contributed by atoms with Crippen LogP contribution in [-0.4, -0.2) is 24.1 Å². The van der Waals surface area contributed by atoms with Gasteiger partial charge in [-0.25, -0.2) is 9.59 Å². The molecule has 0 saturated carbocycles. The van der Waals surface area contributed by atoms with Crippen LogP contribution in [0.4, 0.5) is 4.79 Å². The van der Waals surface area contributed by atoms with Crippen LogP contribution >= 0.6 is 0 Å². The largest absolute Gasteiger partial charge is 0.507 e. The Hall–Kier alpha value is -3.29. The average molecular weight is 548 g/mol. The summed E-state index contributed by atoms with van der Waals surface area (Å²) in [4.78, 5) is 34.2. The Bertz CT molecular complexity index is 1040. The second kappa shape index (κ2) is 21.6. The molecule has 2 aromatic heterocycles. The maximum atomic E-state index is 11.8. The van der Waals surface area contributed by atoms with Crippen molar-refractivity contribution in [3.63, 3.8) is 0 Å². The van der Waals surface area contributed by atoms with Crippen molar-refractivity contribution < 1.29 is 28.3 Å². The van der Waals surface area contributed by atoms with E-state index in [1.807, 2.05) is 20.8 Å². The molecule has 1 amide bonds. The molecule has 1 unspecified atom stereocenters. The number of allylic oxidation sites excluding steroid dienone is 1. The van der Waals surface area contributed by atoms with Crippen LogP contribution in [0, 0.1) is 0 Å². The zero-order chi connectivity index (χ0) is 29.6. The van der Waals surface area contributed by atoms with Gasteiger partial charge < -0.3 is 18.7 Å². The normalized spacial score (nSPS) is 11.2. The van der Waals surface area contributed by atoms with E-state index in [4.69, 9.17) is 8.83 Å².